The van der Waals surface area contributed by atoms with Gasteiger partial charge in [0.15, 0.2) is 0 Å². The molecule has 0 aliphatic heterocycles. The van der Waals surface area contributed by atoms with Gasteiger partial charge in [0.2, 0.25) is 0 Å². The van der Waals surface area contributed by atoms with E-state index < -0.39 is 0 Å². The van der Waals surface area contributed by atoms with E-state index in [1.165, 1.54) is 6.21 Å². The van der Waals surface area contributed by atoms with Crippen LogP contribution in [0.15, 0.2) is 47.6 Å². The summed E-state index contributed by atoms with van der Waals surface area (Å²) in [5, 5.41) is 4.93. The van der Waals surface area contributed by atoms with Gasteiger partial charge in [-0.25, -0.2) is 4.98 Å². The van der Waals surface area contributed by atoms with Crippen LogP contribution in [0.4, 0.5) is 5.69 Å². The van der Waals surface area contributed by atoms with E-state index in [4.69, 9.17) is 23.2 Å². The van der Waals surface area contributed by atoms with Crippen molar-refractivity contribution in [2.75, 3.05) is 5.43 Å². The van der Waals surface area contributed by atoms with E-state index in [9.17, 15) is 0 Å². The molecule has 3 nitrogen and oxygen atoms in total. The number of nitrogens with zero attached hydrogens (tertiary/aromatic N) is 2. The zero-order chi connectivity index (χ0) is 12.1. The molecule has 0 radical (unpaired) electrons. The van der Waals surface area contributed by atoms with Crippen LogP contribution < -0.4 is 5.43 Å². The first-order valence-electron chi connectivity index (χ1n) is 4.92. The molecule has 0 amide bonds. The number of aromatic nitrogens is 1. The lowest BCUT2D eigenvalue weighted by atomic mass is 10.3. The van der Waals surface area contributed by atoms with Crippen molar-refractivity contribution in [3.05, 3.63) is 58.3 Å². The Morgan fingerprint density at radius 1 is 1.06 bits per heavy atom. The second kappa shape index (κ2) is 5.66. The average Bonchev–Trinajstić information content (AvgIpc) is 2.35. The lowest BCUT2D eigenvalue weighted by Crippen LogP contribution is -1.93. The van der Waals surface area contributed by atoms with Gasteiger partial charge >= 0.3 is 0 Å². The Hall–Kier alpha value is -1.58. The van der Waals surface area contributed by atoms with Crippen LogP contribution in [0.2, 0.25) is 10.2 Å². The molecule has 1 aromatic carbocycles. The van der Waals surface area contributed by atoms with Crippen LogP contribution in [0.3, 0.4) is 0 Å². The Morgan fingerprint density at radius 3 is 2.59 bits per heavy atom. The summed E-state index contributed by atoms with van der Waals surface area (Å²) >= 11 is 11.7. The lowest BCUT2D eigenvalue weighted by Gasteiger charge is -1.99. The first-order valence-corrected chi connectivity index (χ1v) is 5.67. The number of hydrazone groups is 1. The van der Waals surface area contributed by atoms with Crippen LogP contribution in [-0.4, -0.2) is 11.2 Å². The predicted molar refractivity (Wildman–Crippen MR) is 71.9 cm³/mol. The van der Waals surface area contributed by atoms with E-state index in [0.29, 0.717) is 15.9 Å². The Balaban J connectivity index is 2.08. The van der Waals surface area contributed by atoms with Crippen molar-refractivity contribution in [1.29, 1.82) is 0 Å². The van der Waals surface area contributed by atoms with Crippen molar-refractivity contribution < 1.29 is 0 Å². The number of pyridine rings is 1. The predicted octanol–water partition coefficient (Wildman–Crippen LogP) is 3.83. The van der Waals surface area contributed by atoms with E-state index in [-0.39, 0.29) is 0 Å². The summed E-state index contributed by atoms with van der Waals surface area (Å²) in [5.74, 6) is 0. The number of para-hydroxylation sites is 1. The highest BCUT2D eigenvalue weighted by Gasteiger charge is 1.99. The number of halogens is 2. The average molecular weight is 266 g/mol. The van der Waals surface area contributed by atoms with Gasteiger partial charge < -0.3 is 0 Å². The van der Waals surface area contributed by atoms with E-state index >= 15 is 0 Å². The molecule has 1 heterocycles. The first-order chi connectivity index (χ1) is 8.25. The molecule has 0 spiro atoms. The Kier molecular flexibility index (Phi) is 3.96. The third-order valence-electron chi connectivity index (χ3n) is 1.99. The standard InChI is InChI=1S/C12H9Cl2N3/c13-10-6-7-12(14)16-11(10)8-15-17-9-4-2-1-3-5-9/h1-8,17H. The SMILES string of the molecule is Clc1ccc(Cl)c(C=NNc2ccccc2)n1. The molecule has 0 saturated heterocycles. The Morgan fingerprint density at radius 2 is 1.82 bits per heavy atom. The molecule has 0 aliphatic carbocycles. The molecule has 1 aromatic heterocycles. The molecule has 0 saturated carbocycles. The van der Waals surface area contributed by atoms with E-state index in [1.54, 1.807) is 12.1 Å². The Labute approximate surface area is 109 Å². The summed E-state index contributed by atoms with van der Waals surface area (Å²) < 4.78 is 0. The molecule has 0 bridgehead atoms. The van der Waals surface area contributed by atoms with Crippen LogP contribution in [0, 0.1) is 0 Å². The lowest BCUT2D eigenvalue weighted by molar-refractivity contribution is 1.28. The maximum absolute atomic E-state index is 5.94. The fourth-order valence-corrected chi connectivity index (χ4v) is 1.51. The second-order valence-corrected chi connectivity index (χ2v) is 4.03. The summed E-state index contributed by atoms with van der Waals surface area (Å²) in [6.07, 6.45) is 1.53. The maximum atomic E-state index is 5.94. The first kappa shape index (κ1) is 11.9. The van der Waals surface area contributed by atoms with E-state index in [0.717, 1.165) is 5.69 Å². The van der Waals surface area contributed by atoms with E-state index in [2.05, 4.69) is 15.5 Å². The molecule has 0 atom stereocenters. The minimum atomic E-state index is 0.385. The van der Waals surface area contributed by atoms with Crippen LogP contribution >= 0.6 is 23.2 Å². The van der Waals surface area contributed by atoms with Crippen molar-refractivity contribution in [2.45, 2.75) is 0 Å². The highest BCUT2D eigenvalue weighted by Crippen LogP contribution is 2.15. The zero-order valence-corrected chi connectivity index (χ0v) is 10.3. The molecule has 86 valence electrons. The van der Waals surface area contributed by atoms with Crippen LogP contribution in [-0.2, 0) is 0 Å². The highest BCUT2D eigenvalue weighted by atomic mass is 35.5. The number of benzene rings is 1. The number of rotatable bonds is 3. The molecule has 2 rings (SSSR count). The van der Waals surface area contributed by atoms with Crippen molar-refractivity contribution in [3.63, 3.8) is 0 Å². The second-order valence-electron chi connectivity index (χ2n) is 3.24. The topological polar surface area (TPSA) is 37.3 Å². The molecule has 5 heteroatoms. The minimum absolute atomic E-state index is 0.385. The fourth-order valence-electron chi connectivity index (χ4n) is 1.20. The van der Waals surface area contributed by atoms with Gasteiger partial charge in [-0.1, -0.05) is 41.4 Å². The molecule has 0 unspecified atom stereocenters. The zero-order valence-electron chi connectivity index (χ0n) is 8.77. The van der Waals surface area contributed by atoms with Gasteiger partial charge in [-0.05, 0) is 24.3 Å². The van der Waals surface area contributed by atoms with Gasteiger partial charge in [-0.15, -0.1) is 0 Å². The van der Waals surface area contributed by atoms with Gasteiger partial charge in [0.05, 0.1) is 16.9 Å². The van der Waals surface area contributed by atoms with Gasteiger partial charge in [-0.3, -0.25) is 5.43 Å². The van der Waals surface area contributed by atoms with Gasteiger partial charge in [0, 0.05) is 0 Å². The third-order valence-corrected chi connectivity index (χ3v) is 2.52. The molecular weight excluding hydrogens is 257 g/mol. The van der Waals surface area contributed by atoms with Crippen LogP contribution in [0.5, 0.6) is 0 Å². The number of nitrogens with one attached hydrogen (secondary N) is 1. The summed E-state index contributed by atoms with van der Waals surface area (Å²) in [7, 11) is 0. The number of hydrogen-bond donors (Lipinski definition) is 1. The quantitative estimate of drug-likeness (QED) is 0.520. The minimum Gasteiger partial charge on any atom is -0.278 e. The van der Waals surface area contributed by atoms with Gasteiger partial charge in [0.25, 0.3) is 0 Å². The van der Waals surface area contributed by atoms with Gasteiger partial charge in [0.1, 0.15) is 10.8 Å². The van der Waals surface area contributed by atoms with Crippen LogP contribution in [0.1, 0.15) is 5.69 Å². The molecule has 1 N–H and O–H groups in total. The normalized spacial score (nSPS) is 10.7. The van der Waals surface area contributed by atoms with Crippen molar-refractivity contribution in [1.82, 2.24) is 4.98 Å². The van der Waals surface area contributed by atoms with Crippen molar-refractivity contribution >= 4 is 35.1 Å². The van der Waals surface area contributed by atoms with Crippen LogP contribution in [0.25, 0.3) is 0 Å². The van der Waals surface area contributed by atoms with Crippen molar-refractivity contribution in [2.24, 2.45) is 5.10 Å². The molecule has 17 heavy (non-hydrogen) atoms. The molecule has 2 aromatic rings. The maximum Gasteiger partial charge on any atom is 0.129 e. The van der Waals surface area contributed by atoms with Gasteiger partial charge in [-0.2, -0.15) is 5.10 Å². The third kappa shape index (κ3) is 3.44. The Bertz CT molecular complexity index is 527. The monoisotopic (exact) mass is 265 g/mol. The summed E-state index contributed by atoms with van der Waals surface area (Å²) in [4.78, 5) is 4.05. The summed E-state index contributed by atoms with van der Waals surface area (Å²) in [6.45, 7) is 0. The number of hydrogen-bond acceptors (Lipinski definition) is 3. The summed E-state index contributed by atoms with van der Waals surface area (Å²) in [5.41, 5.74) is 4.29. The highest BCUT2D eigenvalue weighted by molar-refractivity contribution is 6.34. The molecular formula is C12H9Cl2N3. The molecule has 0 fully saturated rings. The largest absolute Gasteiger partial charge is 0.278 e. The fraction of sp³-hybridized carbons (Fsp3) is 0. The number of anilines is 1. The van der Waals surface area contributed by atoms with E-state index in [1.807, 2.05) is 30.3 Å². The molecule has 0 aliphatic rings. The smallest absolute Gasteiger partial charge is 0.129 e. The van der Waals surface area contributed by atoms with Crippen molar-refractivity contribution in [3.8, 4) is 0 Å². The summed E-state index contributed by atoms with van der Waals surface area (Å²) in [6, 6.07) is 12.9.